The van der Waals surface area contributed by atoms with Crippen LogP contribution in [0.5, 0.6) is 5.75 Å². The van der Waals surface area contributed by atoms with Gasteiger partial charge in [-0.2, -0.15) is 13.2 Å². The van der Waals surface area contributed by atoms with Crippen LogP contribution in [0.4, 0.5) is 29.1 Å². The molecule has 3 heterocycles. The Labute approximate surface area is 277 Å². The Kier molecular flexibility index (Phi) is 10.6. The Morgan fingerprint density at radius 3 is 2.46 bits per heavy atom. The van der Waals surface area contributed by atoms with Gasteiger partial charge in [0.15, 0.2) is 5.78 Å². The van der Waals surface area contributed by atoms with Crippen molar-refractivity contribution in [2.45, 2.75) is 51.4 Å². The molecule has 48 heavy (non-hydrogen) atoms. The van der Waals surface area contributed by atoms with E-state index in [4.69, 9.17) is 9.47 Å². The van der Waals surface area contributed by atoms with Crippen LogP contribution in [0.25, 0.3) is 0 Å². The van der Waals surface area contributed by atoms with Crippen LogP contribution >= 0.6 is 0 Å². The van der Waals surface area contributed by atoms with Crippen LogP contribution in [0, 0.1) is 18.7 Å². The second-order valence-corrected chi connectivity index (χ2v) is 14.4. The molecule has 2 aliphatic rings. The Bertz CT molecular complexity index is 1760. The molecule has 3 aromatic rings. The molecule has 2 fully saturated rings. The number of Topliss-reactive ketones (excluding diaryl/α,β-unsaturated/α-hetero) is 1. The summed E-state index contributed by atoms with van der Waals surface area (Å²) in [5, 5.41) is 2.69. The lowest BCUT2D eigenvalue weighted by atomic mass is 9.88. The predicted molar refractivity (Wildman–Crippen MR) is 172 cm³/mol. The average molecular weight is 694 g/mol. The number of rotatable bonds is 12. The molecule has 2 aliphatic heterocycles. The number of nitrogens with one attached hydrogen (secondary N) is 1. The van der Waals surface area contributed by atoms with E-state index in [0.717, 1.165) is 61.3 Å². The van der Waals surface area contributed by atoms with E-state index in [0.29, 0.717) is 23.5 Å². The number of ketones is 1. The van der Waals surface area contributed by atoms with E-state index < -0.39 is 33.4 Å². The molecule has 260 valence electrons. The molecule has 5 rings (SSSR count). The maximum atomic E-state index is 15.4. The summed E-state index contributed by atoms with van der Waals surface area (Å²) < 4.78 is 93.5. The molecule has 0 saturated carbocycles. The number of carbonyl (C=O) groups is 1. The van der Waals surface area contributed by atoms with Crippen molar-refractivity contribution in [2.24, 2.45) is 5.92 Å². The van der Waals surface area contributed by atoms with Crippen LogP contribution in [0.15, 0.2) is 36.5 Å². The molecule has 0 atom stereocenters. The van der Waals surface area contributed by atoms with Crippen LogP contribution < -0.4 is 14.4 Å². The minimum Gasteiger partial charge on any atom is -0.496 e. The number of sulfonamides is 1. The standard InChI is InChI=1S/C33H39F4N5O5S/c1-20-5-6-22(28(11-20)41(2)48(4,44)45)16-39-32-26(33(35,36)37)17-38-31(40-32)14-23-13-27(34)25(15-30(23)46-3)29(43)12-21-7-9-42(10-8-21)24-18-47-19-24/h5-6,11,13,15,17,21,24H,7-10,12,14,16,18-19H2,1-4H3,(H,38,39,40). The number of carbonyl (C=O) groups excluding carboxylic acids is 1. The molecule has 2 aromatic carbocycles. The van der Waals surface area contributed by atoms with Gasteiger partial charge in [0.2, 0.25) is 10.0 Å². The summed E-state index contributed by atoms with van der Waals surface area (Å²) in [6, 6.07) is 7.87. The van der Waals surface area contributed by atoms with Crippen LogP contribution in [-0.2, 0) is 33.9 Å². The number of piperidine rings is 1. The number of methoxy groups -OCH3 is 1. The SMILES string of the molecule is COc1cc(C(=O)CC2CCN(C3COC3)CC2)c(F)cc1Cc1ncc(C(F)(F)F)c(NCc2ccc(C)cc2N(C)S(C)(=O)=O)n1. The predicted octanol–water partition coefficient (Wildman–Crippen LogP) is 5.23. The molecule has 0 amide bonds. The molecule has 2 saturated heterocycles. The minimum absolute atomic E-state index is 0.0525. The van der Waals surface area contributed by atoms with Crippen molar-refractivity contribution in [1.29, 1.82) is 0 Å². The Balaban J connectivity index is 1.34. The molecule has 1 N–H and O–H groups in total. The normalized spacial score (nSPS) is 16.4. The van der Waals surface area contributed by atoms with Crippen LogP contribution in [-0.4, -0.2) is 81.8 Å². The first-order valence-corrected chi connectivity index (χ1v) is 17.4. The highest BCUT2D eigenvalue weighted by atomic mass is 32.2. The largest absolute Gasteiger partial charge is 0.496 e. The molecule has 0 unspecified atom stereocenters. The van der Waals surface area contributed by atoms with Gasteiger partial charge in [-0.15, -0.1) is 0 Å². The van der Waals surface area contributed by atoms with Gasteiger partial charge in [0.05, 0.1) is 43.9 Å². The molecular weight excluding hydrogens is 654 g/mol. The fourth-order valence-electron chi connectivity index (χ4n) is 5.96. The lowest BCUT2D eigenvalue weighted by Gasteiger charge is -2.41. The maximum Gasteiger partial charge on any atom is 0.421 e. The summed E-state index contributed by atoms with van der Waals surface area (Å²) in [5.41, 5.74) is 0.514. The van der Waals surface area contributed by atoms with Crippen molar-refractivity contribution in [3.8, 4) is 5.75 Å². The number of aryl methyl sites for hydroxylation is 1. The third-order valence-corrected chi connectivity index (χ3v) is 10.1. The zero-order valence-electron chi connectivity index (χ0n) is 27.2. The smallest absolute Gasteiger partial charge is 0.421 e. The number of alkyl halides is 3. The van der Waals surface area contributed by atoms with Crippen molar-refractivity contribution >= 4 is 27.3 Å². The summed E-state index contributed by atoms with van der Waals surface area (Å²) in [4.78, 5) is 23.5. The summed E-state index contributed by atoms with van der Waals surface area (Å²) in [5.74, 6) is -1.35. The second kappa shape index (κ2) is 14.3. The van der Waals surface area contributed by atoms with Gasteiger partial charge in [-0.3, -0.25) is 14.0 Å². The van der Waals surface area contributed by atoms with Gasteiger partial charge in [-0.1, -0.05) is 12.1 Å². The summed E-state index contributed by atoms with van der Waals surface area (Å²) in [7, 11) is -0.932. The first-order chi connectivity index (χ1) is 22.6. The van der Waals surface area contributed by atoms with Crippen LogP contribution in [0.1, 0.15) is 57.7 Å². The Morgan fingerprint density at radius 2 is 1.85 bits per heavy atom. The number of nitrogens with zero attached hydrogens (tertiary/aromatic N) is 4. The molecule has 1 aromatic heterocycles. The lowest BCUT2D eigenvalue weighted by molar-refractivity contribution is -0.137. The van der Waals surface area contributed by atoms with Gasteiger partial charge in [0, 0.05) is 38.2 Å². The second-order valence-electron chi connectivity index (χ2n) is 12.4. The van der Waals surface area contributed by atoms with Gasteiger partial charge in [0.25, 0.3) is 0 Å². The van der Waals surface area contributed by atoms with E-state index in [9.17, 15) is 26.4 Å². The third-order valence-electron chi connectivity index (χ3n) is 8.95. The number of hydrogen-bond acceptors (Lipinski definition) is 9. The number of anilines is 2. The van der Waals surface area contributed by atoms with Crippen LogP contribution in [0.2, 0.25) is 0 Å². The number of ether oxygens (including phenoxy) is 2. The van der Waals surface area contributed by atoms with Gasteiger partial charge < -0.3 is 14.8 Å². The fraction of sp³-hybridized carbons (Fsp3) is 0.485. The number of likely N-dealkylation sites (tertiary alicyclic amines) is 1. The fourth-order valence-corrected chi connectivity index (χ4v) is 6.48. The van der Waals surface area contributed by atoms with E-state index in [2.05, 4.69) is 20.2 Å². The van der Waals surface area contributed by atoms with Gasteiger partial charge in [-0.25, -0.2) is 22.8 Å². The Morgan fingerprint density at radius 1 is 1.15 bits per heavy atom. The highest BCUT2D eigenvalue weighted by molar-refractivity contribution is 7.92. The van der Waals surface area contributed by atoms with E-state index >= 15 is 4.39 Å². The quantitative estimate of drug-likeness (QED) is 0.201. The van der Waals surface area contributed by atoms with Gasteiger partial charge >= 0.3 is 6.18 Å². The van der Waals surface area contributed by atoms with E-state index in [-0.39, 0.29) is 53.8 Å². The lowest BCUT2D eigenvalue weighted by Crippen LogP contribution is -2.51. The number of aromatic nitrogens is 2. The number of benzene rings is 2. The van der Waals surface area contributed by atoms with Crippen molar-refractivity contribution in [2.75, 3.05) is 56.3 Å². The number of halogens is 4. The Hall–Kier alpha value is -3.82. The summed E-state index contributed by atoms with van der Waals surface area (Å²) in [6.07, 6.45) is -1.44. The number of hydrogen-bond donors (Lipinski definition) is 1. The average Bonchev–Trinajstić information content (AvgIpc) is 2.99. The molecule has 0 radical (unpaired) electrons. The van der Waals surface area contributed by atoms with E-state index in [1.54, 1.807) is 25.1 Å². The minimum atomic E-state index is -4.80. The molecule has 15 heteroatoms. The maximum absolute atomic E-state index is 15.4. The zero-order valence-corrected chi connectivity index (χ0v) is 28.0. The van der Waals surface area contributed by atoms with Crippen molar-refractivity contribution in [3.05, 3.63) is 76.0 Å². The highest BCUT2D eigenvalue weighted by Crippen LogP contribution is 2.35. The molecular formula is C33H39F4N5O5S. The van der Waals surface area contributed by atoms with Crippen molar-refractivity contribution in [3.63, 3.8) is 0 Å². The van der Waals surface area contributed by atoms with Crippen molar-refractivity contribution < 1.29 is 40.2 Å². The molecule has 0 bridgehead atoms. The van der Waals surface area contributed by atoms with E-state index in [1.165, 1.54) is 20.2 Å². The van der Waals surface area contributed by atoms with Gasteiger partial charge in [0.1, 0.15) is 28.8 Å². The molecule has 0 aliphatic carbocycles. The highest BCUT2D eigenvalue weighted by Gasteiger charge is 2.36. The zero-order chi connectivity index (χ0) is 34.8. The monoisotopic (exact) mass is 693 g/mol. The van der Waals surface area contributed by atoms with Crippen molar-refractivity contribution in [1.82, 2.24) is 14.9 Å². The van der Waals surface area contributed by atoms with Crippen LogP contribution in [0.3, 0.4) is 0 Å². The summed E-state index contributed by atoms with van der Waals surface area (Å²) in [6.45, 7) is 4.78. The van der Waals surface area contributed by atoms with Gasteiger partial charge in [-0.05, 0) is 68.1 Å². The van der Waals surface area contributed by atoms with E-state index in [1.807, 2.05) is 0 Å². The first kappa shape index (κ1) is 35.5. The molecule has 0 spiro atoms. The first-order valence-electron chi connectivity index (χ1n) is 15.6. The third kappa shape index (κ3) is 8.24. The topological polar surface area (TPSA) is 114 Å². The molecule has 10 nitrogen and oxygen atoms in total. The summed E-state index contributed by atoms with van der Waals surface area (Å²) >= 11 is 0.